The van der Waals surface area contributed by atoms with E-state index >= 15 is 0 Å². The molecule has 0 radical (unpaired) electrons. The van der Waals surface area contributed by atoms with Crippen molar-refractivity contribution in [3.63, 3.8) is 0 Å². The highest BCUT2D eigenvalue weighted by Crippen LogP contribution is 2.37. The number of nitrogens with one attached hydrogen (secondary N) is 2. The van der Waals surface area contributed by atoms with Crippen LogP contribution in [0.2, 0.25) is 20.1 Å². The quantitative estimate of drug-likeness (QED) is 0.215. The van der Waals surface area contributed by atoms with Gasteiger partial charge in [-0.25, -0.2) is 9.97 Å². The molecule has 2 heterocycles. The number of aromatic amines is 2. The topological polar surface area (TPSA) is 57.4 Å². The Morgan fingerprint density at radius 3 is 0.921 bits per heavy atom. The molecule has 0 saturated carbocycles. The first-order chi connectivity index (χ1) is 18.4. The molecule has 38 heavy (non-hydrogen) atoms. The minimum absolute atomic E-state index is 0.593. The van der Waals surface area contributed by atoms with Crippen molar-refractivity contribution in [2.24, 2.45) is 0 Å². The summed E-state index contributed by atoms with van der Waals surface area (Å²) in [7, 11) is 0. The summed E-state index contributed by atoms with van der Waals surface area (Å²) in [5.74, 6) is 1.19. The average Bonchev–Trinajstić information content (AvgIpc) is 3.56. The molecule has 0 aliphatic heterocycles. The second-order valence-corrected chi connectivity index (χ2v) is 10.4. The van der Waals surface area contributed by atoms with Crippen molar-refractivity contribution in [3.8, 4) is 56.7 Å². The van der Waals surface area contributed by atoms with Gasteiger partial charge in [-0.15, -0.1) is 0 Å². The predicted octanol–water partition coefficient (Wildman–Crippen LogP) is 10.1. The lowest BCUT2D eigenvalue weighted by atomic mass is 10.1. The maximum atomic E-state index is 6.16. The van der Waals surface area contributed by atoms with Gasteiger partial charge < -0.3 is 9.97 Å². The van der Waals surface area contributed by atoms with E-state index in [1.807, 2.05) is 97.1 Å². The Hall–Kier alpha value is -3.54. The van der Waals surface area contributed by atoms with Crippen molar-refractivity contribution >= 4 is 46.4 Å². The highest BCUT2D eigenvalue weighted by Gasteiger charge is 2.21. The van der Waals surface area contributed by atoms with E-state index in [2.05, 4.69) is 9.97 Å². The zero-order valence-electron chi connectivity index (χ0n) is 19.6. The molecule has 0 fully saturated rings. The van der Waals surface area contributed by atoms with Crippen molar-refractivity contribution in [1.29, 1.82) is 0 Å². The van der Waals surface area contributed by atoms with Crippen molar-refractivity contribution in [2.75, 3.05) is 0 Å². The highest BCUT2D eigenvalue weighted by molar-refractivity contribution is 6.31. The van der Waals surface area contributed by atoms with Gasteiger partial charge in [0.25, 0.3) is 0 Å². The SMILES string of the molecule is Clc1ccc(-c2nc(-c3nc(-c4ccc(Cl)cc4)c(-c4ccc(Cl)cc4)[nH]3)[nH]c2-c2ccc(Cl)cc2)cc1. The molecule has 2 aromatic heterocycles. The molecule has 0 atom stereocenters. The van der Waals surface area contributed by atoms with Gasteiger partial charge in [0.15, 0.2) is 11.6 Å². The fourth-order valence-electron chi connectivity index (χ4n) is 4.25. The molecule has 0 aliphatic carbocycles. The standard InChI is InChI=1S/C30H18Cl4N4/c31-21-9-1-17(2-10-21)25-26(18-3-11-22(32)12-4-18)36-29(35-25)30-37-27(19-5-13-23(33)14-6-19)28(38-30)20-7-15-24(34)16-8-20/h1-16H,(H,35,36)(H,37,38). The lowest BCUT2D eigenvalue weighted by Gasteiger charge is -2.03. The number of rotatable bonds is 5. The van der Waals surface area contributed by atoms with Crippen LogP contribution >= 0.6 is 46.4 Å². The van der Waals surface area contributed by atoms with Gasteiger partial charge in [-0.2, -0.15) is 0 Å². The van der Waals surface area contributed by atoms with Gasteiger partial charge in [-0.3, -0.25) is 0 Å². The average molecular weight is 576 g/mol. The Balaban J connectivity index is 1.53. The fraction of sp³-hybridized carbons (Fsp3) is 0. The van der Waals surface area contributed by atoms with Gasteiger partial charge in [0.05, 0.1) is 22.8 Å². The molecular formula is C30H18Cl4N4. The third-order valence-corrected chi connectivity index (χ3v) is 7.14. The normalized spacial score (nSPS) is 11.2. The maximum Gasteiger partial charge on any atom is 0.174 e. The van der Waals surface area contributed by atoms with Crippen molar-refractivity contribution in [1.82, 2.24) is 19.9 Å². The zero-order chi connectivity index (χ0) is 26.2. The number of imidazole rings is 2. The van der Waals surface area contributed by atoms with Gasteiger partial charge >= 0.3 is 0 Å². The fourth-order valence-corrected chi connectivity index (χ4v) is 4.76. The Kier molecular flexibility index (Phi) is 6.73. The van der Waals surface area contributed by atoms with E-state index < -0.39 is 0 Å². The third kappa shape index (κ3) is 4.96. The second-order valence-electron chi connectivity index (χ2n) is 8.65. The van der Waals surface area contributed by atoms with Gasteiger partial charge in [-0.1, -0.05) is 94.9 Å². The molecule has 8 heteroatoms. The van der Waals surface area contributed by atoms with E-state index in [-0.39, 0.29) is 0 Å². The summed E-state index contributed by atoms with van der Waals surface area (Å²) in [6.07, 6.45) is 0. The number of aromatic nitrogens is 4. The largest absolute Gasteiger partial charge is 0.335 e. The van der Waals surface area contributed by atoms with E-state index in [9.17, 15) is 0 Å². The van der Waals surface area contributed by atoms with E-state index in [4.69, 9.17) is 56.4 Å². The van der Waals surface area contributed by atoms with Crippen LogP contribution < -0.4 is 0 Å². The number of nitrogens with zero attached hydrogens (tertiary/aromatic N) is 2. The molecular weight excluding hydrogens is 558 g/mol. The van der Waals surface area contributed by atoms with Crippen LogP contribution in [0, 0.1) is 0 Å². The van der Waals surface area contributed by atoms with Crippen molar-refractivity contribution < 1.29 is 0 Å². The number of hydrogen-bond acceptors (Lipinski definition) is 2. The van der Waals surface area contributed by atoms with Crippen LogP contribution in [0.25, 0.3) is 56.7 Å². The Morgan fingerprint density at radius 2 is 0.632 bits per heavy atom. The molecule has 0 aliphatic rings. The van der Waals surface area contributed by atoms with E-state index in [0.29, 0.717) is 31.7 Å². The predicted molar refractivity (Wildman–Crippen MR) is 158 cm³/mol. The van der Waals surface area contributed by atoms with Crippen LogP contribution in [-0.2, 0) is 0 Å². The molecule has 6 aromatic rings. The molecule has 186 valence electrons. The smallest absolute Gasteiger partial charge is 0.174 e. The molecule has 0 bridgehead atoms. The summed E-state index contributed by atoms with van der Waals surface area (Å²) in [6, 6.07) is 30.4. The van der Waals surface area contributed by atoms with Crippen molar-refractivity contribution in [3.05, 3.63) is 117 Å². The van der Waals surface area contributed by atoms with E-state index in [0.717, 1.165) is 45.0 Å². The monoisotopic (exact) mass is 574 g/mol. The van der Waals surface area contributed by atoms with Crippen LogP contribution in [0.3, 0.4) is 0 Å². The van der Waals surface area contributed by atoms with Crippen LogP contribution in [0.1, 0.15) is 0 Å². The molecule has 0 unspecified atom stereocenters. The summed E-state index contributed by atoms with van der Waals surface area (Å²) in [5, 5.41) is 2.63. The lowest BCUT2D eigenvalue weighted by molar-refractivity contribution is 1.20. The van der Waals surface area contributed by atoms with E-state index in [1.54, 1.807) is 0 Å². The third-order valence-electron chi connectivity index (χ3n) is 6.13. The summed E-state index contributed by atoms with van der Waals surface area (Å²) < 4.78 is 0. The Bertz CT molecular complexity index is 1460. The van der Waals surface area contributed by atoms with Crippen molar-refractivity contribution in [2.45, 2.75) is 0 Å². The first kappa shape index (κ1) is 24.8. The molecule has 0 saturated heterocycles. The highest BCUT2D eigenvalue weighted by atomic mass is 35.5. The van der Waals surface area contributed by atoms with Crippen LogP contribution in [0.15, 0.2) is 97.1 Å². The second kappa shape index (κ2) is 10.3. The molecule has 0 amide bonds. The van der Waals surface area contributed by atoms with E-state index in [1.165, 1.54) is 0 Å². The zero-order valence-corrected chi connectivity index (χ0v) is 22.7. The van der Waals surface area contributed by atoms with Crippen LogP contribution in [-0.4, -0.2) is 19.9 Å². The molecule has 0 spiro atoms. The summed E-state index contributed by atoms with van der Waals surface area (Å²) in [6.45, 7) is 0. The number of hydrogen-bond donors (Lipinski definition) is 2. The molecule has 4 aromatic carbocycles. The molecule has 6 rings (SSSR count). The summed E-state index contributed by atoms with van der Waals surface area (Å²) in [5.41, 5.74) is 6.97. The Labute approximate surface area is 239 Å². The van der Waals surface area contributed by atoms with Gasteiger partial charge in [0.1, 0.15) is 0 Å². The first-order valence-corrected chi connectivity index (χ1v) is 13.2. The van der Waals surface area contributed by atoms with Crippen LogP contribution in [0.5, 0.6) is 0 Å². The van der Waals surface area contributed by atoms with Crippen LogP contribution in [0.4, 0.5) is 0 Å². The Morgan fingerprint density at radius 1 is 0.368 bits per heavy atom. The minimum Gasteiger partial charge on any atom is -0.335 e. The molecule has 4 nitrogen and oxygen atoms in total. The summed E-state index contributed by atoms with van der Waals surface area (Å²) >= 11 is 24.6. The summed E-state index contributed by atoms with van der Waals surface area (Å²) in [4.78, 5) is 16.9. The minimum atomic E-state index is 0.593. The number of halogens is 4. The first-order valence-electron chi connectivity index (χ1n) is 11.7. The number of H-pyrrole nitrogens is 2. The van der Waals surface area contributed by atoms with Gasteiger partial charge in [-0.05, 0) is 48.5 Å². The number of benzene rings is 4. The van der Waals surface area contributed by atoms with Gasteiger partial charge in [0, 0.05) is 42.3 Å². The maximum absolute atomic E-state index is 6.16. The lowest BCUT2D eigenvalue weighted by Crippen LogP contribution is -1.84. The molecule has 2 N–H and O–H groups in total. The van der Waals surface area contributed by atoms with Gasteiger partial charge in [0.2, 0.25) is 0 Å².